The molecule has 0 fully saturated rings. The number of nitrogens with two attached hydrogens (primary N) is 1. The summed E-state index contributed by atoms with van der Waals surface area (Å²) in [4.78, 5) is 16.3. The zero-order chi connectivity index (χ0) is 15.7. The van der Waals surface area contributed by atoms with Gasteiger partial charge in [0, 0.05) is 6.20 Å². The number of amides is 1. The van der Waals surface area contributed by atoms with E-state index in [-0.39, 0.29) is 11.4 Å². The number of hydrogen-bond acceptors (Lipinski definition) is 5. The topological polar surface area (TPSA) is 90.4 Å². The number of carbonyl (C=O) groups is 1. The van der Waals surface area contributed by atoms with Crippen LogP contribution in [0.25, 0.3) is 11.0 Å². The minimum absolute atomic E-state index is 0.0104. The van der Waals surface area contributed by atoms with Gasteiger partial charge < -0.3 is 20.2 Å². The Morgan fingerprint density at radius 3 is 2.86 bits per heavy atom. The highest BCUT2D eigenvalue weighted by Gasteiger charge is 2.21. The van der Waals surface area contributed by atoms with Gasteiger partial charge in [-0.2, -0.15) is 0 Å². The molecule has 7 heteroatoms. The number of hydrogen-bond donors (Lipinski definition) is 2. The molecule has 0 saturated carbocycles. The molecule has 0 saturated heterocycles. The minimum atomic E-state index is -0.495. The van der Waals surface area contributed by atoms with E-state index in [9.17, 15) is 4.79 Å². The van der Waals surface area contributed by atoms with E-state index in [0.717, 1.165) is 0 Å². The normalized spacial score (nSPS) is 10.6. The van der Waals surface area contributed by atoms with E-state index >= 15 is 0 Å². The van der Waals surface area contributed by atoms with Crippen molar-refractivity contribution >= 4 is 40.0 Å². The number of methoxy groups -OCH3 is 1. The van der Waals surface area contributed by atoms with Crippen molar-refractivity contribution in [2.24, 2.45) is 0 Å². The highest BCUT2D eigenvalue weighted by Crippen LogP contribution is 2.35. The maximum atomic E-state index is 12.3. The van der Waals surface area contributed by atoms with Crippen LogP contribution in [0.3, 0.4) is 0 Å². The van der Waals surface area contributed by atoms with Crippen molar-refractivity contribution in [2.75, 3.05) is 18.2 Å². The number of furan rings is 1. The van der Waals surface area contributed by atoms with Crippen LogP contribution in [0, 0.1) is 0 Å². The monoisotopic (exact) mass is 317 g/mol. The largest absolute Gasteiger partial charge is 0.496 e. The van der Waals surface area contributed by atoms with Crippen LogP contribution in [0.15, 0.2) is 40.9 Å². The summed E-state index contributed by atoms with van der Waals surface area (Å²) >= 11 is 5.75. The molecule has 0 aliphatic rings. The number of nitrogen functional groups attached to an aromatic ring is 1. The van der Waals surface area contributed by atoms with Gasteiger partial charge in [0.25, 0.3) is 5.91 Å². The van der Waals surface area contributed by atoms with Gasteiger partial charge in [-0.1, -0.05) is 17.7 Å². The van der Waals surface area contributed by atoms with E-state index in [1.807, 2.05) is 0 Å². The Hall–Kier alpha value is -2.73. The molecule has 0 unspecified atom stereocenters. The first-order chi connectivity index (χ1) is 10.6. The second-order valence-electron chi connectivity index (χ2n) is 4.49. The summed E-state index contributed by atoms with van der Waals surface area (Å²) in [6, 6.07) is 8.42. The lowest BCUT2D eigenvalue weighted by Crippen LogP contribution is -2.13. The fraction of sp³-hybridized carbons (Fsp3) is 0.0667. The van der Waals surface area contributed by atoms with Crippen LogP contribution in [-0.4, -0.2) is 18.0 Å². The molecule has 2 aromatic heterocycles. The minimum Gasteiger partial charge on any atom is -0.496 e. The number of anilines is 2. The lowest BCUT2D eigenvalue weighted by molar-refractivity contribution is 0.0999. The summed E-state index contributed by atoms with van der Waals surface area (Å²) in [5.41, 5.74) is 6.72. The van der Waals surface area contributed by atoms with Crippen LogP contribution in [0.4, 0.5) is 11.5 Å². The maximum Gasteiger partial charge on any atom is 0.294 e. The Labute approximate surface area is 130 Å². The molecular formula is C15H12ClN3O3. The number of nitrogens with zero attached hydrogens (tertiary/aromatic N) is 1. The number of carbonyl (C=O) groups excluding carboxylic acids is 1. The summed E-state index contributed by atoms with van der Waals surface area (Å²) in [5, 5.41) is 3.65. The second-order valence-corrected chi connectivity index (χ2v) is 4.93. The van der Waals surface area contributed by atoms with Gasteiger partial charge in [0.1, 0.15) is 17.2 Å². The molecule has 0 aliphatic heterocycles. The molecule has 3 aromatic rings. The number of benzene rings is 1. The van der Waals surface area contributed by atoms with Gasteiger partial charge in [-0.25, -0.2) is 4.98 Å². The smallest absolute Gasteiger partial charge is 0.294 e. The molecule has 22 heavy (non-hydrogen) atoms. The zero-order valence-electron chi connectivity index (χ0n) is 11.6. The first-order valence-corrected chi connectivity index (χ1v) is 6.76. The molecule has 3 N–H and O–H groups in total. The molecule has 0 bridgehead atoms. The van der Waals surface area contributed by atoms with E-state index in [1.165, 1.54) is 13.3 Å². The van der Waals surface area contributed by atoms with Crippen LogP contribution in [0.1, 0.15) is 10.6 Å². The van der Waals surface area contributed by atoms with Gasteiger partial charge in [0.15, 0.2) is 0 Å². The van der Waals surface area contributed by atoms with Crippen molar-refractivity contribution in [2.45, 2.75) is 0 Å². The molecule has 0 radical (unpaired) electrons. The summed E-state index contributed by atoms with van der Waals surface area (Å²) < 4.78 is 10.8. The lowest BCUT2D eigenvalue weighted by Gasteiger charge is -2.03. The summed E-state index contributed by atoms with van der Waals surface area (Å²) in [6.07, 6.45) is 1.43. The molecule has 2 heterocycles. The molecule has 1 aromatic carbocycles. The van der Waals surface area contributed by atoms with Crippen molar-refractivity contribution in [1.82, 2.24) is 4.98 Å². The van der Waals surface area contributed by atoms with Crippen molar-refractivity contribution < 1.29 is 13.9 Å². The average molecular weight is 318 g/mol. The average Bonchev–Trinajstić information content (AvgIpc) is 2.87. The number of halogens is 1. The van der Waals surface area contributed by atoms with Crippen molar-refractivity contribution in [3.8, 4) is 5.75 Å². The van der Waals surface area contributed by atoms with Crippen LogP contribution in [0.2, 0.25) is 5.02 Å². The third-order valence-electron chi connectivity index (χ3n) is 3.11. The second kappa shape index (κ2) is 5.57. The standard InChI is InChI=1S/C15H12ClN3O3/c1-21-9-3-2-4-10-12(9)13(17)14(22-10)15(20)19-11-6-5-8(16)7-18-11/h2-7H,17H2,1H3,(H,18,19,20). The van der Waals surface area contributed by atoms with Crippen molar-refractivity contribution in [3.05, 3.63) is 47.3 Å². The molecule has 112 valence electrons. The molecule has 3 rings (SSSR count). The third-order valence-corrected chi connectivity index (χ3v) is 3.33. The number of ether oxygens (including phenoxy) is 1. The van der Waals surface area contributed by atoms with E-state index in [2.05, 4.69) is 10.3 Å². The van der Waals surface area contributed by atoms with Gasteiger partial charge in [-0.3, -0.25) is 4.79 Å². The zero-order valence-corrected chi connectivity index (χ0v) is 12.3. The van der Waals surface area contributed by atoms with Gasteiger partial charge >= 0.3 is 0 Å². The van der Waals surface area contributed by atoms with Gasteiger partial charge in [0.2, 0.25) is 5.76 Å². The highest BCUT2D eigenvalue weighted by atomic mass is 35.5. The number of fused-ring (bicyclic) bond motifs is 1. The van der Waals surface area contributed by atoms with Crippen LogP contribution in [-0.2, 0) is 0 Å². The molecular weight excluding hydrogens is 306 g/mol. The number of rotatable bonds is 3. The summed E-state index contributed by atoms with van der Waals surface area (Å²) in [7, 11) is 1.53. The van der Waals surface area contributed by atoms with Gasteiger partial charge in [-0.15, -0.1) is 0 Å². The third kappa shape index (κ3) is 2.44. The SMILES string of the molecule is COc1cccc2oc(C(=O)Nc3ccc(Cl)cn3)c(N)c12. The first-order valence-electron chi connectivity index (χ1n) is 6.38. The number of nitrogens with one attached hydrogen (secondary N) is 1. The quantitative estimate of drug-likeness (QED) is 0.773. The summed E-state index contributed by atoms with van der Waals surface area (Å²) in [5.74, 6) is 0.408. The lowest BCUT2D eigenvalue weighted by atomic mass is 10.2. The maximum absolute atomic E-state index is 12.3. The Morgan fingerprint density at radius 1 is 1.36 bits per heavy atom. The van der Waals surface area contributed by atoms with Crippen LogP contribution >= 0.6 is 11.6 Å². The van der Waals surface area contributed by atoms with Gasteiger partial charge in [0.05, 0.1) is 23.2 Å². The van der Waals surface area contributed by atoms with Crippen molar-refractivity contribution in [3.63, 3.8) is 0 Å². The predicted octanol–water partition coefficient (Wildman–Crippen LogP) is 3.32. The molecule has 6 nitrogen and oxygen atoms in total. The van der Waals surface area contributed by atoms with E-state index in [4.69, 9.17) is 26.5 Å². The number of aromatic nitrogens is 1. The fourth-order valence-electron chi connectivity index (χ4n) is 2.10. The van der Waals surface area contributed by atoms with Crippen LogP contribution in [0.5, 0.6) is 5.75 Å². The fourth-order valence-corrected chi connectivity index (χ4v) is 2.21. The first kappa shape index (κ1) is 14.2. The molecule has 0 aliphatic carbocycles. The van der Waals surface area contributed by atoms with Crippen molar-refractivity contribution in [1.29, 1.82) is 0 Å². The Balaban J connectivity index is 1.97. The Bertz CT molecular complexity index is 843. The molecule has 0 atom stereocenters. The predicted molar refractivity (Wildman–Crippen MR) is 84.4 cm³/mol. The molecule has 1 amide bonds. The summed E-state index contributed by atoms with van der Waals surface area (Å²) in [6.45, 7) is 0. The van der Waals surface area contributed by atoms with E-state index in [1.54, 1.807) is 30.3 Å². The highest BCUT2D eigenvalue weighted by molar-refractivity contribution is 6.30. The number of pyridine rings is 1. The van der Waals surface area contributed by atoms with Gasteiger partial charge in [-0.05, 0) is 24.3 Å². The van der Waals surface area contributed by atoms with E-state index in [0.29, 0.717) is 27.6 Å². The Kier molecular flexibility index (Phi) is 3.60. The Morgan fingerprint density at radius 2 is 2.18 bits per heavy atom. The van der Waals surface area contributed by atoms with Crippen LogP contribution < -0.4 is 15.8 Å². The van der Waals surface area contributed by atoms with E-state index < -0.39 is 5.91 Å². The molecule has 0 spiro atoms.